The Morgan fingerprint density at radius 2 is 1.35 bits per heavy atom. The molecule has 2 aliphatic heterocycles. The molecule has 0 spiro atoms. The molecule has 0 unspecified atom stereocenters. The number of unbranched alkanes of at least 4 members (excludes halogenated alkanes) is 4. The third kappa shape index (κ3) is 22.9. The van der Waals surface area contributed by atoms with Crippen LogP contribution in [-0.2, 0) is 75.3 Å². The van der Waals surface area contributed by atoms with Crippen molar-refractivity contribution in [2.24, 2.45) is 29.4 Å². The van der Waals surface area contributed by atoms with Crippen molar-refractivity contribution in [1.82, 2.24) is 25.9 Å². The number of nitrogens with two attached hydrogens (primary N) is 1. The number of carbonyl (C=O) groups is 10. The van der Waals surface area contributed by atoms with Crippen molar-refractivity contribution < 1.29 is 75.7 Å². The number of rotatable bonds is 42. The van der Waals surface area contributed by atoms with Crippen LogP contribution in [0.3, 0.4) is 0 Å². The van der Waals surface area contributed by atoms with E-state index in [2.05, 4.69) is 93.4 Å². The molecule has 4 amide bonds. The number of benzene rings is 2. The molecule has 3 aromatic rings. The molecule has 9 N–H and O–H groups in total. The quantitative estimate of drug-likeness (QED) is 0.0114. The van der Waals surface area contributed by atoms with Crippen molar-refractivity contribution in [3.8, 4) is 0 Å². The number of nitrogens with zero attached hydrogens (tertiary/aromatic N) is 3. The maximum atomic E-state index is 13.7. The number of aliphatic hydroxyl groups is 1. The van der Waals surface area contributed by atoms with Crippen LogP contribution < -0.4 is 26.6 Å². The Labute approximate surface area is 570 Å². The van der Waals surface area contributed by atoms with Crippen LogP contribution in [0.1, 0.15) is 188 Å². The summed E-state index contributed by atoms with van der Waals surface area (Å²) in [4.78, 5) is 138. The number of hydrogen-bond acceptors (Lipinski definition) is 15. The summed E-state index contributed by atoms with van der Waals surface area (Å²) in [5.74, 6) is -10.4. The third-order valence-corrected chi connectivity index (χ3v) is 19.3. The van der Waals surface area contributed by atoms with E-state index in [-0.39, 0.29) is 47.6 Å². The van der Waals surface area contributed by atoms with E-state index in [0.29, 0.717) is 57.2 Å². The minimum absolute atomic E-state index is 0.0615. The number of aromatic amines is 1. The molecule has 0 aliphatic carbocycles. The molecule has 97 heavy (non-hydrogen) atoms. The van der Waals surface area contributed by atoms with Gasteiger partial charge >= 0.3 is 5.97 Å². The van der Waals surface area contributed by atoms with E-state index in [9.17, 15) is 66.0 Å². The molecule has 8 atom stereocenters. The fourth-order valence-electron chi connectivity index (χ4n) is 12.6. The van der Waals surface area contributed by atoms with Crippen molar-refractivity contribution >= 4 is 85.7 Å². The van der Waals surface area contributed by atoms with Crippen molar-refractivity contribution in [3.05, 3.63) is 120 Å². The second-order valence-corrected chi connectivity index (χ2v) is 28.5. The van der Waals surface area contributed by atoms with Gasteiger partial charge in [-0.15, -0.1) is 0 Å². The maximum Gasteiger partial charge on any atom is 0.303 e. The Hall–Kier alpha value is -8.35. The first kappa shape index (κ1) is 79.3. The Kier molecular flexibility index (Phi) is 29.7. The zero-order valence-corrected chi connectivity index (χ0v) is 58.9. The highest BCUT2D eigenvalue weighted by atomic mass is 32.2. The van der Waals surface area contributed by atoms with Crippen LogP contribution in [0.15, 0.2) is 102 Å². The average molecular weight is 1360 g/mol. The van der Waals surface area contributed by atoms with E-state index in [4.69, 9.17) is 10.8 Å². The minimum atomic E-state index is -4.45. The maximum absolute atomic E-state index is 13.7. The number of hydrogen-bond donors (Lipinski definition) is 8. The molecule has 1 aromatic heterocycles. The van der Waals surface area contributed by atoms with Gasteiger partial charge in [-0.3, -0.25) is 47.7 Å². The van der Waals surface area contributed by atoms with Crippen LogP contribution in [-0.4, -0.2) is 139 Å². The number of carboxylic acid groups (broad SMARTS) is 1. The topological polar surface area (TPSA) is 363 Å². The van der Waals surface area contributed by atoms with Crippen LogP contribution in [0.5, 0.6) is 0 Å². The Bertz CT molecular complexity index is 3640. The van der Waals surface area contributed by atoms with Gasteiger partial charge in [-0.25, -0.2) is 4.98 Å². The molecule has 5 rings (SSSR count). The second kappa shape index (κ2) is 36.3. The Morgan fingerprint density at radius 1 is 0.711 bits per heavy atom. The largest absolute Gasteiger partial charge is 0.481 e. The van der Waals surface area contributed by atoms with E-state index < -0.39 is 130 Å². The molecule has 23 nitrogen and oxygen atoms in total. The summed E-state index contributed by atoms with van der Waals surface area (Å²) >= 11 is 0. The lowest BCUT2D eigenvalue weighted by molar-refractivity contribution is -0.438. The monoisotopic (exact) mass is 1360 g/mol. The average Bonchev–Trinajstić information content (AvgIpc) is 1.60. The predicted octanol–water partition coefficient (Wildman–Crippen LogP) is 8.60. The van der Waals surface area contributed by atoms with Gasteiger partial charge in [-0.05, 0) is 117 Å². The lowest BCUT2D eigenvalue weighted by Crippen LogP contribution is -2.49. The van der Waals surface area contributed by atoms with E-state index in [1.165, 1.54) is 81.8 Å². The summed E-state index contributed by atoms with van der Waals surface area (Å²) < 4.78 is 36.6. The number of ketones is 5. The molecule has 0 radical (unpaired) electrons. The number of likely N-dealkylation sites (N-methyl/N-ethyl adjacent to an activating group) is 1. The number of carboxylic acids is 1. The summed E-state index contributed by atoms with van der Waals surface area (Å²) in [5.41, 5.74) is 12.7. The van der Waals surface area contributed by atoms with Crippen molar-refractivity contribution in [2.45, 2.75) is 219 Å². The summed E-state index contributed by atoms with van der Waals surface area (Å²) in [7, 11) is -4.45. The lowest BCUT2D eigenvalue weighted by Gasteiger charge is -2.25. The zero-order valence-electron chi connectivity index (χ0n) is 58.1. The summed E-state index contributed by atoms with van der Waals surface area (Å²) in [6.07, 6.45) is 18.2. The number of amides is 4. The molecular weight excluding hydrogens is 1260 g/mol. The summed E-state index contributed by atoms with van der Waals surface area (Å²) in [5, 5.41) is 27.5. The van der Waals surface area contributed by atoms with E-state index in [1.807, 2.05) is 44.2 Å². The van der Waals surface area contributed by atoms with Gasteiger partial charge in [0.1, 0.15) is 18.1 Å². The molecule has 2 aromatic carbocycles. The molecule has 0 fully saturated rings. The highest BCUT2D eigenvalue weighted by Crippen LogP contribution is 2.48. The molecule has 2 aliphatic rings. The van der Waals surface area contributed by atoms with Crippen LogP contribution in [0, 0.1) is 30.6 Å². The van der Waals surface area contributed by atoms with E-state index in [1.54, 1.807) is 6.07 Å². The van der Waals surface area contributed by atoms with Gasteiger partial charge in [0, 0.05) is 128 Å². The fourth-order valence-corrected chi connectivity index (χ4v) is 13.1. The van der Waals surface area contributed by atoms with Gasteiger partial charge in [-0.2, -0.15) is 13.0 Å². The first-order valence-corrected chi connectivity index (χ1v) is 35.1. The van der Waals surface area contributed by atoms with Crippen LogP contribution >= 0.6 is 0 Å². The standard InChI is InChI=1S/C73H100N8O15S/c1-12-80-60-32-29-45(2)36-57(60)72(8,9)65(80)27-21-14-13-15-22-28-66-73(10,11)58-41-55(97(94,95)96)31-33-61(58)81(66)35-23-17-20-26-54(84)25-19-16-18-24-52(38-47(4)82)70(92)78-48(5)62(85)37-46(3)69(91)77-49(6)63(86)42-56(50(7)83)71(93)79-59(40-53-43-75-44-76-53)64(87)39-51(68(74)90)30-34-67(88)89/h13-15,21-22,27-29,31-33,36,41,43-44,46,48-52,56,59,83H,12,16-20,23-26,30,34-35,37-40,42H2,1-11H3,(H7-,74,75,76,77,78,79,88,89,90,91,92,93,94,95,96)/p+1/t46-,48+,49+,50-,51-,52-,56+,59+/m0/s1. The molecular formula is C73H101N8O15S+. The van der Waals surface area contributed by atoms with E-state index >= 15 is 0 Å². The van der Waals surface area contributed by atoms with Gasteiger partial charge in [0.2, 0.25) is 29.3 Å². The number of aromatic nitrogens is 2. The molecule has 0 saturated heterocycles. The number of allylic oxidation sites excluding steroid dienone is 8. The van der Waals surface area contributed by atoms with Crippen molar-refractivity contribution in [1.29, 1.82) is 0 Å². The van der Waals surface area contributed by atoms with Gasteiger partial charge in [0.25, 0.3) is 10.1 Å². The molecule has 0 bridgehead atoms. The first-order valence-electron chi connectivity index (χ1n) is 33.6. The number of imidazole rings is 1. The van der Waals surface area contributed by atoms with Crippen LogP contribution in [0.25, 0.3) is 0 Å². The fraction of sp³-hybridized carbons (Fsp3) is 0.534. The Balaban J connectivity index is 1.06. The van der Waals surface area contributed by atoms with Crippen LogP contribution in [0.2, 0.25) is 0 Å². The second-order valence-electron chi connectivity index (χ2n) is 27.0. The van der Waals surface area contributed by atoms with Gasteiger partial charge in [0.15, 0.2) is 23.1 Å². The number of aryl methyl sites for hydroxylation is 1. The van der Waals surface area contributed by atoms with Crippen molar-refractivity contribution in [2.75, 3.05) is 18.0 Å². The number of nitrogens with one attached hydrogen (secondary N) is 4. The smallest absolute Gasteiger partial charge is 0.303 e. The number of H-pyrrole nitrogens is 1. The SMILES string of the molecule is CCN1C(=CC=CC=CC=CC2=[N+](CCCCCC(=O)CCCCC[C@@H](CC(C)=O)C(=O)N[C@H](C)C(=O)C[C@H](C)C(=O)N[C@H](C)C(=O)C[C@@H](C(=O)N[C@H](Cc3cnc[nH]3)C(=O)C[C@H](CCC(=O)O)C(N)=O)[C@H](C)O)c3ccc(S(=O)(=O)O)cc3C2(C)C)C(C)(C)c2cc(C)ccc21. The molecule has 24 heteroatoms. The van der Waals surface area contributed by atoms with Gasteiger partial charge in [-0.1, -0.05) is 81.7 Å². The van der Waals surface area contributed by atoms with Crippen LogP contribution in [0.4, 0.5) is 11.4 Å². The number of aliphatic hydroxyl groups excluding tert-OH is 1. The predicted molar refractivity (Wildman–Crippen MR) is 369 cm³/mol. The zero-order chi connectivity index (χ0) is 72.1. The molecule has 0 saturated carbocycles. The first-order chi connectivity index (χ1) is 45.6. The third-order valence-electron chi connectivity index (χ3n) is 18.4. The minimum Gasteiger partial charge on any atom is -0.481 e. The summed E-state index contributed by atoms with van der Waals surface area (Å²) in [6, 6.07) is 7.76. The summed E-state index contributed by atoms with van der Waals surface area (Å²) in [6.45, 7) is 21.2. The van der Waals surface area contributed by atoms with Gasteiger partial charge < -0.3 is 46.6 Å². The molecule has 3 heterocycles. The van der Waals surface area contributed by atoms with E-state index in [0.717, 1.165) is 36.3 Å². The number of carbonyl (C=O) groups excluding carboxylic acids is 9. The highest BCUT2D eigenvalue weighted by Gasteiger charge is 2.45. The number of fused-ring (bicyclic) bond motifs is 2. The number of aliphatic carboxylic acids is 1. The Morgan fingerprint density at radius 3 is 1.96 bits per heavy atom. The van der Waals surface area contributed by atoms with Crippen molar-refractivity contribution in [3.63, 3.8) is 0 Å². The lowest BCUT2D eigenvalue weighted by atomic mass is 9.81. The number of anilines is 1. The number of primary amides is 1. The number of Topliss-reactive ketones (excluding diaryl/α,β-unsaturated/α-hetero) is 5. The highest BCUT2D eigenvalue weighted by molar-refractivity contribution is 7.85. The normalized spacial score (nSPS) is 17.1. The van der Waals surface area contributed by atoms with Gasteiger partial charge in [0.05, 0.1) is 46.8 Å². The molecule has 528 valence electrons.